The second-order valence-corrected chi connectivity index (χ2v) is 5.35. The summed E-state index contributed by atoms with van der Waals surface area (Å²) in [5.74, 6) is 2.26. The molecule has 4 heteroatoms. The third-order valence-electron chi connectivity index (χ3n) is 3.81. The molecule has 2 N–H and O–H groups in total. The quantitative estimate of drug-likeness (QED) is 0.795. The fraction of sp³-hybridized carbons (Fsp3) is 0.625. The van der Waals surface area contributed by atoms with E-state index >= 15 is 0 Å². The first kappa shape index (κ1) is 16.8. The zero-order chi connectivity index (χ0) is 15.1. The molecule has 114 valence electrons. The minimum absolute atomic E-state index is 0.174. The van der Waals surface area contributed by atoms with Crippen molar-refractivity contribution in [3.8, 4) is 11.5 Å². The zero-order valence-corrected chi connectivity index (χ0v) is 13.3. The molecule has 1 aromatic rings. The van der Waals surface area contributed by atoms with Gasteiger partial charge >= 0.3 is 0 Å². The molecule has 2 atom stereocenters. The number of ether oxygens (including phenoxy) is 2. The summed E-state index contributed by atoms with van der Waals surface area (Å²) in [6, 6.07) is 6.12. The summed E-state index contributed by atoms with van der Waals surface area (Å²) in [6.45, 7) is 6.07. The number of likely N-dealkylation sites (N-methyl/N-ethyl adjacent to an activating group) is 1. The van der Waals surface area contributed by atoms with Crippen molar-refractivity contribution in [3.63, 3.8) is 0 Å². The van der Waals surface area contributed by atoms with Gasteiger partial charge in [-0.15, -0.1) is 0 Å². The Balaban J connectivity index is 2.98. The first-order valence-electron chi connectivity index (χ1n) is 7.18. The molecule has 0 bridgehead atoms. The van der Waals surface area contributed by atoms with Gasteiger partial charge in [0.25, 0.3) is 0 Å². The number of methoxy groups -OCH3 is 2. The molecule has 0 fully saturated rings. The van der Waals surface area contributed by atoms with Gasteiger partial charge in [-0.05, 0) is 30.7 Å². The van der Waals surface area contributed by atoms with Crippen LogP contribution in [0.2, 0.25) is 0 Å². The molecular formula is C16H28N2O2. The van der Waals surface area contributed by atoms with Crippen LogP contribution in [0.3, 0.4) is 0 Å². The lowest BCUT2D eigenvalue weighted by Gasteiger charge is -2.30. The lowest BCUT2D eigenvalue weighted by atomic mass is 10.0. The van der Waals surface area contributed by atoms with Crippen molar-refractivity contribution in [2.75, 3.05) is 34.4 Å². The fourth-order valence-electron chi connectivity index (χ4n) is 2.34. The Labute approximate surface area is 122 Å². The largest absolute Gasteiger partial charge is 0.497 e. The summed E-state index contributed by atoms with van der Waals surface area (Å²) in [6.07, 6.45) is 1.17. The lowest BCUT2D eigenvalue weighted by molar-refractivity contribution is 0.214. The second-order valence-electron chi connectivity index (χ2n) is 5.35. The highest BCUT2D eigenvalue weighted by molar-refractivity contribution is 5.40. The molecule has 0 saturated carbocycles. The van der Waals surface area contributed by atoms with E-state index in [1.807, 2.05) is 18.2 Å². The molecule has 1 aromatic carbocycles. The van der Waals surface area contributed by atoms with E-state index in [1.165, 1.54) is 6.42 Å². The van der Waals surface area contributed by atoms with E-state index in [4.69, 9.17) is 15.2 Å². The van der Waals surface area contributed by atoms with Crippen LogP contribution in [0, 0.1) is 5.92 Å². The molecule has 0 aliphatic carbocycles. The number of rotatable bonds is 8. The van der Waals surface area contributed by atoms with Gasteiger partial charge in [0.05, 0.1) is 14.2 Å². The van der Waals surface area contributed by atoms with E-state index in [0.717, 1.165) is 23.6 Å². The Morgan fingerprint density at radius 1 is 1.15 bits per heavy atom. The van der Waals surface area contributed by atoms with Crippen LogP contribution in [0.5, 0.6) is 11.5 Å². The summed E-state index contributed by atoms with van der Waals surface area (Å²) in [4.78, 5) is 2.31. The van der Waals surface area contributed by atoms with Crippen LogP contribution >= 0.6 is 0 Å². The van der Waals surface area contributed by atoms with E-state index in [-0.39, 0.29) is 6.04 Å². The maximum atomic E-state index is 5.98. The van der Waals surface area contributed by atoms with Gasteiger partial charge in [-0.2, -0.15) is 0 Å². The molecule has 0 aromatic heterocycles. The number of hydrogen-bond acceptors (Lipinski definition) is 4. The predicted molar refractivity (Wildman–Crippen MR) is 83.4 cm³/mol. The Kier molecular flexibility index (Phi) is 6.82. The molecule has 0 spiro atoms. The molecule has 4 nitrogen and oxygen atoms in total. The van der Waals surface area contributed by atoms with Crippen molar-refractivity contribution >= 4 is 0 Å². The predicted octanol–water partition coefficient (Wildman–Crippen LogP) is 2.68. The first-order chi connectivity index (χ1) is 9.55. The van der Waals surface area contributed by atoms with Gasteiger partial charge in [-0.25, -0.2) is 0 Å². The molecule has 20 heavy (non-hydrogen) atoms. The van der Waals surface area contributed by atoms with Crippen LogP contribution in [-0.4, -0.2) is 39.3 Å². The third-order valence-corrected chi connectivity index (χ3v) is 3.81. The highest BCUT2D eigenvalue weighted by Crippen LogP contribution is 2.29. The molecule has 0 heterocycles. The van der Waals surface area contributed by atoms with Crippen molar-refractivity contribution < 1.29 is 9.47 Å². The van der Waals surface area contributed by atoms with Crippen molar-refractivity contribution in [1.82, 2.24) is 4.90 Å². The summed E-state index contributed by atoms with van der Waals surface area (Å²) < 4.78 is 10.7. The SMILES string of the molecule is CCC(C)CN(C)C(CN)c1cc(OC)cc(OC)c1. The maximum absolute atomic E-state index is 5.98. The van der Waals surface area contributed by atoms with Gasteiger partial charge in [-0.1, -0.05) is 20.3 Å². The Morgan fingerprint density at radius 3 is 2.10 bits per heavy atom. The van der Waals surface area contributed by atoms with E-state index in [1.54, 1.807) is 14.2 Å². The van der Waals surface area contributed by atoms with Crippen LogP contribution in [-0.2, 0) is 0 Å². The van der Waals surface area contributed by atoms with Crippen LogP contribution in [0.1, 0.15) is 31.9 Å². The van der Waals surface area contributed by atoms with Crippen LogP contribution in [0.25, 0.3) is 0 Å². The first-order valence-corrected chi connectivity index (χ1v) is 7.18. The van der Waals surface area contributed by atoms with Gasteiger partial charge in [0.1, 0.15) is 11.5 Å². The topological polar surface area (TPSA) is 47.7 Å². The number of benzene rings is 1. The van der Waals surface area contributed by atoms with E-state index in [2.05, 4.69) is 25.8 Å². The molecule has 0 aliphatic heterocycles. The van der Waals surface area contributed by atoms with Gasteiger partial charge in [0.2, 0.25) is 0 Å². The molecular weight excluding hydrogens is 252 g/mol. The Morgan fingerprint density at radius 2 is 1.70 bits per heavy atom. The third kappa shape index (κ3) is 4.39. The molecule has 0 amide bonds. The standard InChI is InChI=1S/C16H28N2O2/c1-6-12(2)11-18(3)16(10-17)13-7-14(19-4)9-15(8-13)20-5/h7-9,12,16H,6,10-11,17H2,1-5H3. The summed E-state index contributed by atoms with van der Waals surface area (Å²) in [5, 5.41) is 0. The minimum atomic E-state index is 0.174. The number of nitrogens with zero attached hydrogens (tertiary/aromatic N) is 1. The number of nitrogens with two attached hydrogens (primary N) is 1. The van der Waals surface area contributed by atoms with Gasteiger partial charge < -0.3 is 15.2 Å². The van der Waals surface area contributed by atoms with Crippen LogP contribution in [0.15, 0.2) is 18.2 Å². The normalized spacial score (nSPS) is 14.2. The van der Waals surface area contributed by atoms with Crippen molar-refractivity contribution in [1.29, 1.82) is 0 Å². The molecule has 1 rings (SSSR count). The highest BCUT2D eigenvalue weighted by atomic mass is 16.5. The summed E-state index contributed by atoms with van der Waals surface area (Å²) in [7, 11) is 5.45. The average Bonchev–Trinajstić information content (AvgIpc) is 2.47. The monoisotopic (exact) mass is 280 g/mol. The highest BCUT2D eigenvalue weighted by Gasteiger charge is 2.18. The van der Waals surface area contributed by atoms with Gasteiger partial charge in [-0.3, -0.25) is 4.90 Å². The number of hydrogen-bond donors (Lipinski definition) is 1. The van der Waals surface area contributed by atoms with Crippen LogP contribution in [0.4, 0.5) is 0 Å². The average molecular weight is 280 g/mol. The van der Waals surface area contributed by atoms with Gasteiger partial charge in [0.15, 0.2) is 0 Å². The zero-order valence-electron chi connectivity index (χ0n) is 13.3. The van der Waals surface area contributed by atoms with E-state index < -0.39 is 0 Å². The van der Waals surface area contributed by atoms with Gasteiger partial charge in [0, 0.05) is 25.2 Å². The lowest BCUT2D eigenvalue weighted by Crippen LogP contribution is -2.33. The minimum Gasteiger partial charge on any atom is -0.497 e. The molecule has 0 saturated heterocycles. The van der Waals surface area contributed by atoms with Crippen molar-refractivity contribution in [3.05, 3.63) is 23.8 Å². The van der Waals surface area contributed by atoms with E-state index in [9.17, 15) is 0 Å². The smallest absolute Gasteiger partial charge is 0.122 e. The molecule has 0 radical (unpaired) electrons. The second kappa shape index (κ2) is 8.12. The molecule has 2 unspecified atom stereocenters. The van der Waals surface area contributed by atoms with Crippen molar-refractivity contribution in [2.24, 2.45) is 11.7 Å². The summed E-state index contributed by atoms with van der Waals surface area (Å²) in [5.41, 5.74) is 7.12. The summed E-state index contributed by atoms with van der Waals surface area (Å²) >= 11 is 0. The van der Waals surface area contributed by atoms with Crippen LogP contribution < -0.4 is 15.2 Å². The Bertz CT molecular complexity index is 387. The molecule has 0 aliphatic rings. The van der Waals surface area contributed by atoms with Crippen molar-refractivity contribution in [2.45, 2.75) is 26.3 Å². The Hall–Kier alpha value is -1.26. The maximum Gasteiger partial charge on any atom is 0.122 e. The fourth-order valence-corrected chi connectivity index (χ4v) is 2.34. The van der Waals surface area contributed by atoms with E-state index in [0.29, 0.717) is 12.5 Å².